The third-order valence-corrected chi connectivity index (χ3v) is 7.29. The molecule has 2 rings (SSSR count). The smallest absolute Gasteiger partial charge is 0.243 e. The summed E-state index contributed by atoms with van der Waals surface area (Å²) < 4.78 is 27.7. The van der Waals surface area contributed by atoms with Crippen LogP contribution in [0, 0.1) is 5.41 Å². The Bertz CT molecular complexity index is 818. The molecule has 0 saturated carbocycles. The lowest BCUT2D eigenvalue weighted by atomic mass is 9.96. The van der Waals surface area contributed by atoms with Crippen molar-refractivity contribution in [3.05, 3.63) is 24.3 Å². The standard InChI is InChI=1S/C21H33N3O4S/c1-15-7-6-8-16(2)24(15)29(27,28)18-11-9-17(10-12-18)23-19(25)13-14-22-20(26)21(3,4)5/h9-12,15-16H,6-8,13-14H2,1-5H3,(H,22,26)(H,23,25). The van der Waals surface area contributed by atoms with Crippen LogP contribution in [0.1, 0.15) is 60.3 Å². The second kappa shape index (κ2) is 9.26. The lowest BCUT2D eigenvalue weighted by Gasteiger charge is -2.37. The molecule has 0 bridgehead atoms. The van der Waals surface area contributed by atoms with E-state index in [9.17, 15) is 18.0 Å². The number of carbonyl (C=O) groups excluding carboxylic acids is 2. The maximum Gasteiger partial charge on any atom is 0.243 e. The van der Waals surface area contributed by atoms with Crippen molar-refractivity contribution in [2.75, 3.05) is 11.9 Å². The van der Waals surface area contributed by atoms with E-state index in [1.807, 2.05) is 34.6 Å². The van der Waals surface area contributed by atoms with Crippen LogP contribution in [0.3, 0.4) is 0 Å². The molecule has 2 amide bonds. The van der Waals surface area contributed by atoms with E-state index in [1.165, 1.54) is 12.1 Å². The first-order chi connectivity index (χ1) is 13.4. The quantitative estimate of drug-likeness (QED) is 0.735. The van der Waals surface area contributed by atoms with E-state index < -0.39 is 15.4 Å². The Hall–Kier alpha value is -1.93. The summed E-state index contributed by atoms with van der Waals surface area (Å²) in [6, 6.07) is 6.20. The molecule has 1 saturated heterocycles. The van der Waals surface area contributed by atoms with Gasteiger partial charge in [0.1, 0.15) is 0 Å². The Morgan fingerprint density at radius 2 is 1.62 bits per heavy atom. The van der Waals surface area contributed by atoms with Crippen LogP contribution in [-0.4, -0.2) is 43.2 Å². The van der Waals surface area contributed by atoms with Gasteiger partial charge in [-0.3, -0.25) is 9.59 Å². The minimum absolute atomic E-state index is 0.0218. The lowest BCUT2D eigenvalue weighted by Crippen LogP contribution is -2.47. The molecular weight excluding hydrogens is 390 g/mol. The molecule has 1 heterocycles. The monoisotopic (exact) mass is 423 g/mol. The van der Waals surface area contributed by atoms with Crippen molar-refractivity contribution in [1.82, 2.24) is 9.62 Å². The normalized spacial score (nSPS) is 20.9. The third-order valence-electron chi connectivity index (χ3n) is 5.14. The summed E-state index contributed by atoms with van der Waals surface area (Å²) in [5, 5.41) is 5.46. The Labute approximate surface area is 174 Å². The van der Waals surface area contributed by atoms with Gasteiger partial charge < -0.3 is 10.6 Å². The third kappa shape index (κ3) is 6.02. The minimum Gasteiger partial charge on any atom is -0.355 e. The molecule has 1 aliphatic heterocycles. The van der Waals surface area contributed by atoms with Crippen molar-refractivity contribution in [2.24, 2.45) is 5.41 Å². The predicted octanol–water partition coefficient (Wildman–Crippen LogP) is 3.13. The summed E-state index contributed by atoms with van der Waals surface area (Å²) in [4.78, 5) is 24.1. The van der Waals surface area contributed by atoms with Crippen LogP contribution in [0.15, 0.2) is 29.2 Å². The molecule has 8 heteroatoms. The molecule has 2 N–H and O–H groups in total. The summed E-state index contributed by atoms with van der Waals surface area (Å²) in [7, 11) is -3.57. The molecule has 7 nitrogen and oxygen atoms in total. The molecule has 0 aliphatic carbocycles. The van der Waals surface area contributed by atoms with Crippen molar-refractivity contribution in [3.63, 3.8) is 0 Å². The van der Waals surface area contributed by atoms with Gasteiger partial charge in [-0.15, -0.1) is 0 Å². The summed E-state index contributed by atoms with van der Waals surface area (Å²) in [6.45, 7) is 9.57. The molecule has 162 valence electrons. The van der Waals surface area contributed by atoms with Crippen LogP contribution >= 0.6 is 0 Å². The molecular formula is C21H33N3O4S. The topological polar surface area (TPSA) is 95.6 Å². The highest BCUT2D eigenvalue weighted by Gasteiger charge is 2.35. The predicted molar refractivity (Wildman–Crippen MR) is 114 cm³/mol. The van der Waals surface area contributed by atoms with Crippen LogP contribution < -0.4 is 10.6 Å². The number of piperidine rings is 1. The van der Waals surface area contributed by atoms with Gasteiger partial charge in [-0.2, -0.15) is 4.31 Å². The zero-order valence-electron chi connectivity index (χ0n) is 18.0. The SMILES string of the molecule is CC1CCCC(C)N1S(=O)(=O)c1ccc(NC(=O)CCNC(=O)C(C)(C)C)cc1. The number of sulfonamides is 1. The van der Waals surface area contributed by atoms with Gasteiger partial charge in [-0.05, 0) is 51.0 Å². The van der Waals surface area contributed by atoms with Gasteiger partial charge in [0.25, 0.3) is 0 Å². The average Bonchev–Trinajstić information content (AvgIpc) is 2.61. The number of nitrogens with one attached hydrogen (secondary N) is 2. The first-order valence-electron chi connectivity index (χ1n) is 10.1. The number of nitrogens with zero attached hydrogens (tertiary/aromatic N) is 1. The Morgan fingerprint density at radius 1 is 1.07 bits per heavy atom. The van der Waals surface area contributed by atoms with Gasteiger partial charge in [-0.25, -0.2) is 8.42 Å². The summed E-state index contributed by atoms with van der Waals surface area (Å²) in [6.07, 6.45) is 2.91. The molecule has 0 aromatic heterocycles. The molecule has 1 aliphatic rings. The average molecular weight is 424 g/mol. The van der Waals surface area contributed by atoms with Crippen LogP contribution in [-0.2, 0) is 19.6 Å². The minimum atomic E-state index is -3.57. The zero-order valence-corrected chi connectivity index (χ0v) is 18.8. The summed E-state index contributed by atoms with van der Waals surface area (Å²) in [5.74, 6) is -0.353. The van der Waals surface area contributed by atoms with Gasteiger partial charge in [0.2, 0.25) is 21.8 Å². The molecule has 1 aromatic carbocycles. The van der Waals surface area contributed by atoms with Crippen molar-refractivity contribution in [3.8, 4) is 0 Å². The molecule has 2 atom stereocenters. The van der Waals surface area contributed by atoms with Crippen molar-refractivity contribution < 1.29 is 18.0 Å². The van der Waals surface area contributed by atoms with Crippen molar-refractivity contribution in [1.29, 1.82) is 0 Å². The number of rotatable bonds is 6. The molecule has 1 aromatic rings. The number of amides is 2. The van der Waals surface area contributed by atoms with E-state index in [4.69, 9.17) is 0 Å². The summed E-state index contributed by atoms with van der Waals surface area (Å²) in [5.41, 5.74) is 0.0251. The van der Waals surface area contributed by atoms with Crippen LogP contribution in [0.5, 0.6) is 0 Å². The number of hydrogen-bond acceptors (Lipinski definition) is 4. The fraction of sp³-hybridized carbons (Fsp3) is 0.619. The molecule has 1 fully saturated rings. The van der Waals surface area contributed by atoms with Gasteiger partial charge in [-0.1, -0.05) is 27.2 Å². The summed E-state index contributed by atoms with van der Waals surface area (Å²) >= 11 is 0. The first kappa shape index (κ1) is 23.3. The number of benzene rings is 1. The Balaban J connectivity index is 1.96. The van der Waals surface area contributed by atoms with Crippen molar-refractivity contribution >= 4 is 27.5 Å². The Kier molecular flexibility index (Phi) is 7.45. The van der Waals surface area contributed by atoms with Crippen LogP contribution in [0.4, 0.5) is 5.69 Å². The van der Waals surface area contributed by atoms with Gasteiger partial charge in [0.15, 0.2) is 0 Å². The molecule has 0 spiro atoms. The lowest BCUT2D eigenvalue weighted by molar-refractivity contribution is -0.128. The highest BCUT2D eigenvalue weighted by atomic mass is 32.2. The molecule has 0 radical (unpaired) electrons. The zero-order chi connectivity index (χ0) is 21.8. The maximum atomic E-state index is 13.0. The van der Waals surface area contributed by atoms with Crippen molar-refractivity contribution in [2.45, 2.75) is 77.3 Å². The van der Waals surface area contributed by atoms with E-state index in [1.54, 1.807) is 16.4 Å². The molecule has 2 unspecified atom stereocenters. The highest BCUT2D eigenvalue weighted by molar-refractivity contribution is 7.89. The maximum absolute atomic E-state index is 13.0. The largest absolute Gasteiger partial charge is 0.355 e. The highest BCUT2D eigenvalue weighted by Crippen LogP contribution is 2.29. The van der Waals surface area contributed by atoms with E-state index in [0.717, 1.165) is 19.3 Å². The van der Waals surface area contributed by atoms with Gasteiger partial charge in [0.05, 0.1) is 4.90 Å². The number of anilines is 1. The first-order valence-corrected chi connectivity index (χ1v) is 11.6. The Morgan fingerprint density at radius 3 is 2.14 bits per heavy atom. The van der Waals surface area contributed by atoms with Crippen LogP contribution in [0.2, 0.25) is 0 Å². The van der Waals surface area contributed by atoms with Crippen LogP contribution in [0.25, 0.3) is 0 Å². The van der Waals surface area contributed by atoms with E-state index >= 15 is 0 Å². The molecule has 29 heavy (non-hydrogen) atoms. The second-order valence-electron chi connectivity index (χ2n) is 8.79. The second-order valence-corrected chi connectivity index (χ2v) is 10.6. The fourth-order valence-corrected chi connectivity index (χ4v) is 5.36. The van der Waals surface area contributed by atoms with Gasteiger partial charge >= 0.3 is 0 Å². The number of hydrogen-bond donors (Lipinski definition) is 2. The fourth-order valence-electron chi connectivity index (χ4n) is 3.48. The van der Waals surface area contributed by atoms with Gasteiger partial charge in [0, 0.05) is 36.2 Å². The van der Waals surface area contributed by atoms with E-state index in [-0.39, 0.29) is 41.8 Å². The van der Waals surface area contributed by atoms with E-state index in [2.05, 4.69) is 10.6 Å². The number of carbonyl (C=O) groups is 2. The van der Waals surface area contributed by atoms with E-state index in [0.29, 0.717) is 5.69 Å².